The first kappa shape index (κ1) is 18.3. The Hall–Kier alpha value is -2.54. The third kappa shape index (κ3) is 3.26. The normalized spacial score (nSPS) is 11.2. The number of hydrogen-bond donors (Lipinski definition) is 1. The first-order valence-corrected chi connectivity index (χ1v) is 9.29. The second kappa shape index (κ2) is 6.99. The molecule has 0 radical (unpaired) electrons. The van der Waals surface area contributed by atoms with Crippen LogP contribution in [0, 0.1) is 41.5 Å². The minimum absolute atomic E-state index is 0.147. The van der Waals surface area contributed by atoms with Gasteiger partial charge in [-0.25, -0.2) is 0 Å². The van der Waals surface area contributed by atoms with Crippen LogP contribution < -0.4 is 5.73 Å². The number of benzene rings is 3. The first-order valence-electron chi connectivity index (χ1n) is 9.29. The third-order valence-corrected chi connectivity index (χ3v) is 5.63. The third-order valence-electron chi connectivity index (χ3n) is 5.63. The molecule has 0 heterocycles. The molecule has 0 atom stereocenters. The molecule has 1 nitrogen and oxygen atoms in total. The Balaban J connectivity index is 2.38. The molecule has 0 aliphatic rings. The van der Waals surface area contributed by atoms with Gasteiger partial charge in [-0.2, -0.15) is 0 Å². The van der Waals surface area contributed by atoms with E-state index in [1.807, 2.05) is 12.1 Å². The van der Waals surface area contributed by atoms with Gasteiger partial charge in [0, 0.05) is 11.6 Å². The predicted octanol–water partition coefficient (Wildman–Crippen LogP) is 6.30. The molecule has 0 amide bonds. The summed E-state index contributed by atoms with van der Waals surface area (Å²) in [7, 11) is 0. The number of hydrogen-bond acceptors (Lipinski definition) is 1. The van der Waals surface area contributed by atoms with Crippen molar-refractivity contribution in [2.24, 2.45) is 0 Å². The molecule has 1 heteroatoms. The Morgan fingerprint density at radius 2 is 1.08 bits per heavy atom. The van der Waals surface area contributed by atoms with E-state index >= 15 is 0 Å². The van der Waals surface area contributed by atoms with Crippen molar-refractivity contribution < 1.29 is 0 Å². The second-order valence-electron chi connectivity index (χ2n) is 7.65. The van der Waals surface area contributed by atoms with Gasteiger partial charge in [0.2, 0.25) is 0 Å². The molecule has 0 bridgehead atoms. The maximum absolute atomic E-state index is 6.45. The molecule has 0 spiro atoms. The van der Waals surface area contributed by atoms with Gasteiger partial charge in [-0.3, -0.25) is 0 Å². The Kier molecular flexibility index (Phi) is 4.91. The summed E-state index contributed by atoms with van der Waals surface area (Å²) in [6.45, 7) is 13.2. The lowest BCUT2D eigenvalue weighted by molar-refractivity contribution is 0.937. The van der Waals surface area contributed by atoms with Crippen molar-refractivity contribution in [1.82, 2.24) is 0 Å². The molecule has 0 aliphatic heterocycles. The van der Waals surface area contributed by atoms with Crippen molar-refractivity contribution in [3.05, 3.63) is 98.6 Å². The standard InChI is InChI=1S/C25H29N/c1-15-11-17(3)19(5)22(13-15)25(21-9-7-8-10-24(21)26)23-14-16(2)12-18(4)20(23)6/h7-14,25H,26H2,1-6H3. The fourth-order valence-electron chi connectivity index (χ4n) is 4.02. The van der Waals surface area contributed by atoms with Gasteiger partial charge in [0.05, 0.1) is 0 Å². The van der Waals surface area contributed by atoms with Crippen LogP contribution in [0.4, 0.5) is 5.69 Å². The summed E-state index contributed by atoms with van der Waals surface area (Å²) >= 11 is 0. The highest BCUT2D eigenvalue weighted by molar-refractivity contribution is 5.60. The van der Waals surface area contributed by atoms with Crippen LogP contribution in [0.15, 0.2) is 48.5 Å². The van der Waals surface area contributed by atoms with Crippen LogP contribution in [-0.2, 0) is 0 Å². The van der Waals surface area contributed by atoms with E-state index in [0.29, 0.717) is 0 Å². The average molecular weight is 344 g/mol. The molecular weight excluding hydrogens is 314 g/mol. The van der Waals surface area contributed by atoms with E-state index in [1.54, 1.807) is 0 Å². The van der Waals surface area contributed by atoms with E-state index in [0.717, 1.165) is 5.69 Å². The number of para-hydroxylation sites is 1. The average Bonchev–Trinajstić information content (AvgIpc) is 2.58. The van der Waals surface area contributed by atoms with Gasteiger partial charge in [-0.1, -0.05) is 53.6 Å². The fourth-order valence-corrected chi connectivity index (χ4v) is 4.02. The number of aryl methyl sites for hydroxylation is 4. The summed E-state index contributed by atoms with van der Waals surface area (Å²) in [6, 6.07) is 17.5. The zero-order valence-corrected chi connectivity index (χ0v) is 16.8. The molecule has 0 saturated carbocycles. The molecule has 134 valence electrons. The molecule has 0 unspecified atom stereocenters. The molecule has 26 heavy (non-hydrogen) atoms. The van der Waals surface area contributed by atoms with E-state index in [1.165, 1.54) is 50.1 Å². The molecule has 3 rings (SSSR count). The van der Waals surface area contributed by atoms with Gasteiger partial charge >= 0.3 is 0 Å². The van der Waals surface area contributed by atoms with Crippen LogP contribution in [0.3, 0.4) is 0 Å². The predicted molar refractivity (Wildman–Crippen MR) is 113 cm³/mol. The van der Waals surface area contributed by atoms with Gasteiger partial charge in [0.15, 0.2) is 0 Å². The summed E-state index contributed by atoms with van der Waals surface area (Å²) in [4.78, 5) is 0. The lowest BCUT2D eigenvalue weighted by Crippen LogP contribution is -2.11. The van der Waals surface area contributed by atoms with E-state index in [2.05, 4.69) is 77.9 Å². The van der Waals surface area contributed by atoms with Crippen molar-refractivity contribution in [3.63, 3.8) is 0 Å². The molecule has 3 aromatic carbocycles. The first-order chi connectivity index (χ1) is 12.3. The summed E-state index contributed by atoms with van der Waals surface area (Å²) < 4.78 is 0. The summed E-state index contributed by atoms with van der Waals surface area (Å²) in [5.74, 6) is 0.147. The molecule has 0 saturated heterocycles. The molecule has 0 fully saturated rings. The van der Waals surface area contributed by atoms with E-state index in [4.69, 9.17) is 5.73 Å². The maximum Gasteiger partial charge on any atom is 0.0365 e. The van der Waals surface area contributed by atoms with E-state index in [-0.39, 0.29) is 5.92 Å². The number of anilines is 1. The van der Waals surface area contributed by atoms with Gasteiger partial charge < -0.3 is 5.73 Å². The molecule has 2 N–H and O–H groups in total. The van der Waals surface area contributed by atoms with Crippen LogP contribution in [0.2, 0.25) is 0 Å². The van der Waals surface area contributed by atoms with E-state index in [9.17, 15) is 0 Å². The van der Waals surface area contributed by atoms with Crippen molar-refractivity contribution in [2.45, 2.75) is 47.5 Å². The number of nitrogens with two attached hydrogens (primary N) is 1. The molecule has 3 aromatic rings. The lowest BCUT2D eigenvalue weighted by atomic mass is 9.78. The van der Waals surface area contributed by atoms with Crippen LogP contribution in [-0.4, -0.2) is 0 Å². The van der Waals surface area contributed by atoms with Gasteiger partial charge in [0.1, 0.15) is 0 Å². The minimum atomic E-state index is 0.147. The van der Waals surface area contributed by atoms with Crippen molar-refractivity contribution in [3.8, 4) is 0 Å². The van der Waals surface area contributed by atoms with Crippen LogP contribution >= 0.6 is 0 Å². The Bertz CT molecular complexity index is 909. The van der Waals surface area contributed by atoms with Crippen molar-refractivity contribution in [2.75, 3.05) is 5.73 Å². The lowest BCUT2D eigenvalue weighted by Gasteiger charge is -2.26. The zero-order valence-electron chi connectivity index (χ0n) is 16.8. The topological polar surface area (TPSA) is 26.0 Å². The summed E-state index contributed by atoms with van der Waals surface area (Å²) in [6.07, 6.45) is 0. The monoisotopic (exact) mass is 343 g/mol. The Morgan fingerprint density at radius 3 is 1.54 bits per heavy atom. The largest absolute Gasteiger partial charge is 0.398 e. The highest BCUT2D eigenvalue weighted by Crippen LogP contribution is 2.40. The maximum atomic E-state index is 6.45. The van der Waals surface area contributed by atoms with Crippen LogP contribution in [0.25, 0.3) is 0 Å². The zero-order chi connectivity index (χ0) is 19.0. The highest BCUT2D eigenvalue weighted by atomic mass is 14.6. The smallest absolute Gasteiger partial charge is 0.0365 e. The Morgan fingerprint density at radius 1 is 0.615 bits per heavy atom. The Labute approximate surface area is 157 Å². The van der Waals surface area contributed by atoms with Crippen LogP contribution in [0.1, 0.15) is 56.0 Å². The SMILES string of the molecule is Cc1cc(C)c(C)c(C(c2ccccc2N)c2cc(C)cc(C)c2C)c1. The quantitative estimate of drug-likeness (QED) is 0.438. The summed E-state index contributed by atoms with van der Waals surface area (Å²) in [5.41, 5.74) is 19.2. The number of rotatable bonds is 3. The molecule has 0 aliphatic carbocycles. The summed E-state index contributed by atoms with van der Waals surface area (Å²) in [5, 5.41) is 0. The minimum Gasteiger partial charge on any atom is -0.398 e. The van der Waals surface area contributed by atoms with Crippen LogP contribution in [0.5, 0.6) is 0 Å². The van der Waals surface area contributed by atoms with Gasteiger partial charge in [-0.15, -0.1) is 0 Å². The fraction of sp³-hybridized carbons (Fsp3) is 0.280. The number of nitrogen functional groups attached to an aromatic ring is 1. The molecular formula is C25H29N. The van der Waals surface area contributed by atoms with Gasteiger partial charge in [-0.05, 0) is 86.6 Å². The second-order valence-corrected chi connectivity index (χ2v) is 7.65. The highest BCUT2D eigenvalue weighted by Gasteiger charge is 2.24. The van der Waals surface area contributed by atoms with Crippen molar-refractivity contribution >= 4 is 5.69 Å². The van der Waals surface area contributed by atoms with Crippen molar-refractivity contribution in [1.29, 1.82) is 0 Å². The van der Waals surface area contributed by atoms with E-state index < -0.39 is 0 Å². The van der Waals surface area contributed by atoms with Gasteiger partial charge in [0.25, 0.3) is 0 Å². The molecule has 0 aromatic heterocycles.